The molecule has 0 aliphatic carbocycles. The molecule has 0 aliphatic heterocycles. The third kappa shape index (κ3) is 2.29. The molecule has 0 unspecified atom stereocenters. The molecule has 1 aromatic carbocycles. The van der Waals surface area contributed by atoms with Crippen LogP contribution in [-0.4, -0.2) is 35.3 Å². The summed E-state index contributed by atoms with van der Waals surface area (Å²) in [6.45, 7) is 0. The van der Waals surface area contributed by atoms with Gasteiger partial charge in [0.05, 0.1) is 15.7 Å². The number of thiazole rings is 1. The fourth-order valence-electron chi connectivity index (χ4n) is 2.00. The number of hydrogen-bond acceptors (Lipinski definition) is 6. The minimum atomic E-state index is -1.53. The van der Waals surface area contributed by atoms with E-state index in [1.807, 2.05) is 25.1 Å². The second-order valence-corrected chi connectivity index (χ2v) is 5.60. The van der Waals surface area contributed by atoms with Gasteiger partial charge in [-0.15, -0.1) is 0 Å². The number of ether oxygens (including phenoxy) is 1. The molecule has 0 aliphatic rings. The van der Waals surface area contributed by atoms with Gasteiger partial charge in [0, 0.05) is 19.5 Å². The molecule has 2 heterocycles. The van der Waals surface area contributed by atoms with Gasteiger partial charge >= 0.3 is 6.16 Å². The van der Waals surface area contributed by atoms with Crippen molar-refractivity contribution in [2.45, 2.75) is 0 Å². The first-order chi connectivity index (χ1) is 9.95. The van der Waals surface area contributed by atoms with Gasteiger partial charge in [0.25, 0.3) is 5.56 Å². The summed E-state index contributed by atoms with van der Waals surface area (Å²) in [5.74, 6) is -0.262. The zero-order valence-corrected chi connectivity index (χ0v) is 12.0. The van der Waals surface area contributed by atoms with Crippen molar-refractivity contribution < 1.29 is 14.6 Å². The zero-order valence-electron chi connectivity index (χ0n) is 11.2. The van der Waals surface area contributed by atoms with Gasteiger partial charge in [-0.25, -0.2) is 9.78 Å². The van der Waals surface area contributed by atoms with Gasteiger partial charge in [-0.3, -0.25) is 4.79 Å². The van der Waals surface area contributed by atoms with Crippen LogP contribution in [0.4, 0.5) is 9.93 Å². The van der Waals surface area contributed by atoms with Crippen molar-refractivity contribution in [3.8, 4) is 5.75 Å². The van der Waals surface area contributed by atoms with Crippen molar-refractivity contribution >= 4 is 43.7 Å². The molecule has 0 bridgehead atoms. The van der Waals surface area contributed by atoms with Crippen LogP contribution >= 0.6 is 11.3 Å². The lowest BCUT2D eigenvalue weighted by Gasteiger charge is -2.05. The van der Waals surface area contributed by atoms with Crippen LogP contribution in [0.15, 0.2) is 23.0 Å². The van der Waals surface area contributed by atoms with Gasteiger partial charge in [-0.05, 0) is 18.2 Å². The monoisotopic (exact) mass is 305 g/mol. The summed E-state index contributed by atoms with van der Waals surface area (Å²) < 4.78 is 5.44. The van der Waals surface area contributed by atoms with E-state index in [-0.39, 0.29) is 5.75 Å². The molecular weight excluding hydrogens is 294 g/mol. The Labute approximate surface area is 122 Å². The largest absolute Gasteiger partial charge is 0.511 e. The molecular formula is C13H11N3O4S. The van der Waals surface area contributed by atoms with Crippen molar-refractivity contribution in [1.82, 2.24) is 9.97 Å². The Morgan fingerprint density at radius 1 is 1.43 bits per heavy atom. The van der Waals surface area contributed by atoms with Crippen LogP contribution in [0, 0.1) is 0 Å². The number of H-pyrrole nitrogens is 1. The van der Waals surface area contributed by atoms with Crippen LogP contribution in [-0.2, 0) is 0 Å². The number of nitrogens with one attached hydrogen (secondary N) is 1. The smallest absolute Gasteiger partial charge is 0.449 e. The number of aromatic amines is 1. The van der Waals surface area contributed by atoms with E-state index in [0.717, 1.165) is 9.83 Å². The molecule has 0 saturated heterocycles. The first-order valence-corrected chi connectivity index (χ1v) is 6.82. The zero-order chi connectivity index (χ0) is 15.1. The third-order valence-corrected chi connectivity index (χ3v) is 4.10. The van der Waals surface area contributed by atoms with Crippen molar-refractivity contribution in [3.63, 3.8) is 0 Å². The molecule has 3 rings (SSSR count). The summed E-state index contributed by atoms with van der Waals surface area (Å²) in [7, 11) is 3.78. The number of carboxylic acid groups (broad SMARTS) is 1. The molecule has 3 aromatic rings. The van der Waals surface area contributed by atoms with Crippen LogP contribution < -0.4 is 15.2 Å². The molecule has 108 valence electrons. The number of fused-ring (bicyclic) bond motifs is 3. The van der Waals surface area contributed by atoms with E-state index in [4.69, 9.17) is 5.11 Å². The summed E-state index contributed by atoms with van der Waals surface area (Å²) in [5, 5.41) is 10.1. The van der Waals surface area contributed by atoms with Gasteiger partial charge in [0.2, 0.25) is 0 Å². The highest BCUT2D eigenvalue weighted by molar-refractivity contribution is 7.22. The molecule has 0 amide bonds. The Kier molecular flexibility index (Phi) is 3.02. The lowest BCUT2D eigenvalue weighted by molar-refractivity contribution is 0.144. The standard InChI is InChI=1S/C13H11N3O4S/c1-16(2)12-15-10-6-5-8(20-13(18)19)11(17)14-7(6)3-4-9(10)21-12/h3-5H,1-2H3,(H,14,17)(H,18,19). The Bertz CT molecular complexity index is 913. The normalized spacial score (nSPS) is 11.0. The molecule has 2 aromatic heterocycles. The first kappa shape index (κ1) is 13.4. The summed E-state index contributed by atoms with van der Waals surface area (Å²) in [5.41, 5.74) is 0.695. The van der Waals surface area contributed by atoms with Crippen molar-refractivity contribution in [2.75, 3.05) is 19.0 Å². The van der Waals surface area contributed by atoms with Gasteiger partial charge in [0.1, 0.15) is 0 Å². The second kappa shape index (κ2) is 4.74. The molecule has 0 fully saturated rings. The molecule has 2 N–H and O–H groups in total. The third-order valence-electron chi connectivity index (χ3n) is 2.92. The fourth-order valence-corrected chi connectivity index (χ4v) is 2.90. The number of aromatic nitrogens is 2. The number of rotatable bonds is 2. The predicted molar refractivity (Wildman–Crippen MR) is 80.7 cm³/mol. The lowest BCUT2D eigenvalue weighted by atomic mass is 10.2. The van der Waals surface area contributed by atoms with Crippen molar-refractivity contribution in [3.05, 3.63) is 28.6 Å². The molecule has 21 heavy (non-hydrogen) atoms. The Morgan fingerprint density at radius 2 is 2.19 bits per heavy atom. The van der Waals surface area contributed by atoms with E-state index in [1.165, 1.54) is 17.4 Å². The minimum Gasteiger partial charge on any atom is -0.449 e. The number of benzene rings is 1. The highest BCUT2D eigenvalue weighted by Crippen LogP contribution is 2.32. The molecule has 0 spiro atoms. The summed E-state index contributed by atoms with van der Waals surface area (Å²) >= 11 is 1.51. The number of nitrogens with zero attached hydrogens (tertiary/aromatic N) is 2. The average Bonchev–Trinajstić information content (AvgIpc) is 2.83. The number of pyridine rings is 1. The second-order valence-electron chi connectivity index (χ2n) is 4.60. The Morgan fingerprint density at radius 3 is 2.86 bits per heavy atom. The number of carbonyl (C=O) groups is 1. The van der Waals surface area contributed by atoms with Crippen LogP contribution in [0.2, 0.25) is 0 Å². The van der Waals surface area contributed by atoms with Gasteiger partial charge in [0.15, 0.2) is 10.9 Å². The topological polar surface area (TPSA) is 95.5 Å². The Hall–Kier alpha value is -2.61. The fraction of sp³-hybridized carbons (Fsp3) is 0.154. The van der Waals surface area contributed by atoms with Crippen LogP contribution in [0.1, 0.15) is 0 Å². The van der Waals surface area contributed by atoms with Crippen molar-refractivity contribution in [1.29, 1.82) is 0 Å². The molecule has 0 atom stereocenters. The van der Waals surface area contributed by atoms with Gasteiger partial charge in [-0.1, -0.05) is 11.3 Å². The van der Waals surface area contributed by atoms with E-state index < -0.39 is 11.7 Å². The number of hydrogen-bond donors (Lipinski definition) is 2. The van der Waals surface area contributed by atoms with E-state index in [2.05, 4.69) is 14.7 Å². The summed E-state index contributed by atoms with van der Waals surface area (Å²) in [4.78, 5) is 31.4. The summed E-state index contributed by atoms with van der Waals surface area (Å²) in [6.07, 6.45) is -1.53. The molecule has 7 nitrogen and oxygen atoms in total. The van der Waals surface area contributed by atoms with Crippen LogP contribution in [0.3, 0.4) is 0 Å². The highest BCUT2D eigenvalue weighted by atomic mass is 32.1. The lowest BCUT2D eigenvalue weighted by Crippen LogP contribution is -2.14. The predicted octanol–water partition coefficient (Wildman–Crippen LogP) is 2.26. The maximum atomic E-state index is 11.7. The van der Waals surface area contributed by atoms with Gasteiger partial charge < -0.3 is 19.7 Å². The SMILES string of the molecule is CN(C)c1nc2c(ccc3[nH]c(=O)c(OC(=O)O)cc32)s1. The maximum absolute atomic E-state index is 11.7. The minimum absolute atomic E-state index is 0.262. The van der Waals surface area contributed by atoms with E-state index in [1.54, 1.807) is 6.07 Å². The van der Waals surface area contributed by atoms with E-state index in [9.17, 15) is 9.59 Å². The Balaban J connectivity index is 2.31. The van der Waals surface area contributed by atoms with E-state index >= 15 is 0 Å². The molecule has 8 heteroatoms. The first-order valence-electron chi connectivity index (χ1n) is 6.00. The van der Waals surface area contributed by atoms with Gasteiger partial charge in [-0.2, -0.15) is 0 Å². The van der Waals surface area contributed by atoms with Crippen LogP contribution in [0.25, 0.3) is 21.1 Å². The molecule has 0 saturated carbocycles. The van der Waals surface area contributed by atoms with E-state index in [0.29, 0.717) is 16.4 Å². The highest BCUT2D eigenvalue weighted by Gasteiger charge is 2.13. The average molecular weight is 305 g/mol. The molecule has 0 radical (unpaired) electrons. The van der Waals surface area contributed by atoms with Crippen LogP contribution in [0.5, 0.6) is 5.75 Å². The van der Waals surface area contributed by atoms with Crippen molar-refractivity contribution in [2.24, 2.45) is 0 Å². The number of anilines is 1. The maximum Gasteiger partial charge on any atom is 0.511 e. The quantitative estimate of drug-likeness (QED) is 0.705. The summed E-state index contributed by atoms with van der Waals surface area (Å²) in [6, 6.07) is 5.04.